The summed E-state index contributed by atoms with van der Waals surface area (Å²) in [5.74, 6) is 0.573. The van der Waals surface area contributed by atoms with Crippen molar-refractivity contribution in [1.82, 2.24) is 9.78 Å². The fourth-order valence-electron chi connectivity index (χ4n) is 2.07. The van der Waals surface area contributed by atoms with Crippen LogP contribution in [0, 0.1) is 0 Å². The molecule has 3 N–H and O–H groups in total. The van der Waals surface area contributed by atoms with Crippen LogP contribution in [0.25, 0.3) is 0 Å². The lowest BCUT2D eigenvalue weighted by atomic mass is 10.1. The lowest BCUT2D eigenvalue weighted by Gasteiger charge is -2.17. The second-order valence-electron chi connectivity index (χ2n) is 4.71. The summed E-state index contributed by atoms with van der Waals surface area (Å²) in [6.07, 6.45) is 0.800. The number of hydrogen-bond donors (Lipinski definition) is 2. The predicted molar refractivity (Wildman–Crippen MR) is 74.1 cm³/mol. The lowest BCUT2D eigenvalue weighted by molar-refractivity contribution is 0.199. The van der Waals surface area contributed by atoms with Gasteiger partial charge in [0.1, 0.15) is 11.8 Å². The van der Waals surface area contributed by atoms with E-state index in [1.807, 2.05) is 26.0 Å². The number of nitrogens with two attached hydrogens (primary N) is 1. The first kappa shape index (κ1) is 13.4. The van der Waals surface area contributed by atoms with Gasteiger partial charge in [-0.3, -0.25) is 4.68 Å². The van der Waals surface area contributed by atoms with Crippen molar-refractivity contribution in [3.63, 3.8) is 0 Å². The minimum atomic E-state index is -0.816. The zero-order chi connectivity index (χ0) is 14.0. The van der Waals surface area contributed by atoms with Crippen molar-refractivity contribution < 1.29 is 9.84 Å². The normalized spacial score (nSPS) is 12.7. The molecule has 0 saturated heterocycles. The molecule has 102 valence electrons. The number of benzene rings is 1. The maximum atomic E-state index is 10.6. The van der Waals surface area contributed by atoms with Crippen LogP contribution in [0.5, 0.6) is 5.75 Å². The van der Waals surface area contributed by atoms with Crippen molar-refractivity contribution in [2.75, 3.05) is 12.8 Å². The number of aliphatic hydroxyl groups is 1. The van der Waals surface area contributed by atoms with Gasteiger partial charge in [0, 0.05) is 11.7 Å². The number of nitrogens with zero attached hydrogens (tertiary/aromatic N) is 2. The summed E-state index contributed by atoms with van der Waals surface area (Å²) < 4.78 is 7.03. The molecule has 2 aromatic rings. The highest BCUT2D eigenvalue weighted by Crippen LogP contribution is 2.32. The Morgan fingerprint density at radius 1 is 1.37 bits per heavy atom. The van der Waals surface area contributed by atoms with Gasteiger partial charge < -0.3 is 15.6 Å². The predicted octanol–water partition coefficient (Wildman–Crippen LogP) is 2.14. The molecule has 1 atom stereocenters. The van der Waals surface area contributed by atoms with Crippen molar-refractivity contribution in [2.24, 2.45) is 0 Å². The minimum Gasteiger partial charge on any atom is -0.493 e. The molecule has 0 amide bonds. The highest BCUT2D eigenvalue weighted by Gasteiger charge is 2.22. The van der Waals surface area contributed by atoms with Gasteiger partial charge in [-0.15, -0.1) is 0 Å². The maximum absolute atomic E-state index is 10.6. The quantitative estimate of drug-likeness (QED) is 0.827. The molecule has 0 radical (unpaired) electrons. The van der Waals surface area contributed by atoms with E-state index < -0.39 is 6.10 Å². The van der Waals surface area contributed by atoms with E-state index in [0.29, 0.717) is 17.1 Å². The first-order valence-corrected chi connectivity index (χ1v) is 6.19. The first-order chi connectivity index (χ1) is 9.04. The number of aliphatic hydroxyl groups excluding tert-OH is 1. The monoisotopic (exact) mass is 261 g/mol. The highest BCUT2D eigenvalue weighted by molar-refractivity contribution is 5.44. The molecule has 0 saturated carbocycles. The van der Waals surface area contributed by atoms with Gasteiger partial charge in [-0.05, 0) is 31.5 Å². The zero-order valence-electron chi connectivity index (χ0n) is 11.4. The van der Waals surface area contributed by atoms with E-state index in [2.05, 4.69) is 5.10 Å². The Bertz CT molecular complexity index is 564. The molecule has 1 unspecified atom stereocenters. The number of ether oxygens (including phenoxy) is 1. The van der Waals surface area contributed by atoms with E-state index in [9.17, 15) is 5.11 Å². The number of nitrogen functional groups attached to an aromatic ring is 1. The third kappa shape index (κ3) is 2.56. The Morgan fingerprint density at radius 2 is 2.11 bits per heavy atom. The summed E-state index contributed by atoms with van der Waals surface area (Å²) >= 11 is 0. The van der Waals surface area contributed by atoms with Crippen LogP contribution in [0.2, 0.25) is 0 Å². The summed E-state index contributed by atoms with van der Waals surface area (Å²) in [7, 11) is 1.57. The maximum Gasteiger partial charge on any atom is 0.163 e. The topological polar surface area (TPSA) is 73.3 Å². The van der Waals surface area contributed by atoms with Crippen LogP contribution in [0.4, 0.5) is 5.69 Å². The summed E-state index contributed by atoms with van der Waals surface area (Å²) in [6.45, 7) is 4.00. The minimum absolute atomic E-state index is 0.134. The van der Waals surface area contributed by atoms with E-state index in [0.717, 1.165) is 5.56 Å². The fraction of sp³-hybridized carbons (Fsp3) is 0.357. The van der Waals surface area contributed by atoms with E-state index >= 15 is 0 Å². The molecule has 1 aromatic carbocycles. The second kappa shape index (κ2) is 5.32. The number of methoxy groups -OCH3 is 1. The Hall–Kier alpha value is -2.01. The van der Waals surface area contributed by atoms with Gasteiger partial charge in [-0.1, -0.05) is 12.1 Å². The molecule has 0 spiro atoms. The Labute approximate surface area is 112 Å². The third-order valence-electron chi connectivity index (χ3n) is 2.99. The molecule has 0 aliphatic carbocycles. The van der Waals surface area contributed by atoms with Gasteiger partial charge in [0.25, 0.3) is 0 Å². The molecule has 0 bridgehead atoms. The average Bonchev–Trinajstić information content (AvgIpc) is 2.81. The highest BCUT2D eigenvalue weighted by atomic mass is 16.5. The number of rotatable bonds is 4. The van der Waals surface area contributed by atoms with E-state index in [-0.39, 0.29) is 6.04 Å². The Kier molecular flexibility index (Phi) is 3.76. The van der Waals surface area contributed by atoms with Crippen molar-refractivity contribution in [2.45, 2.75) is 26.0 Å². The lowest BCUT2D eigenvalue weighted by Crippen LogP contribution is -2.13. The molecular weight excluding hydrogens is 242 g/mol. The van der Waals surface area contributed by atoms with Gasteiger partial charge in [-0.25, -0.2) is 0 Å². The van der Waals surface area contributed by atoms with E-state index in [1.165, 1.54) is 0 Å². The summed E-state index contributed by atoms with van der Waals surface area (Å²) in [5.41, 5.74) is 7.73. The molecule has 0 aliphatic rings. The average molecular weight is 261 g/mol. The fourth-order valence-corrected chi connectivity index (χ4v) is 2.07. The van der Waals surface area contributed by atoms with Crippen molar-refractivity contribution in [3.05, 3.63) is 41.7 Å². The van der Waals surface area contributed by atoms with Crippen LogP contribution in [0.3, 0.4) is 0 Å². The molecule has 1 heterocycles. The van der Waals surface area contributed by atoms with Gasteiger partial charge in [-0.2, -0.15) is 5.10 Å². The number of anilines is 1. The van der Waals surface area contributed by atoms with E-state index in [4.69, 9.17) is 10.5 Å². The number of hydrogen-bond acceptors (Lipinski definition) is 4. The Morgan fingerprint density at radius 3 is 2.68 bits per heavy atom. The van der Waals surface area contributed by atoms with Crippen LogP contribution in [0.15, 0.2) is 30.5 Å². The molecular formula is C14H19N3O2. The molecule has 1 aromatic heterocycles. The summed E-state index contributed by atoms with van der Waals surface area (Å²) in [6, 6.07) is 7.32. The molecule has 0 aliphatic heterocycles. The van der Waals surface area contributed by atoms with Crippen molar-refractivity contribution >= 4 is 5.69 Å². The van der Waals surface area contributed by atoms with Crippen LogP contribution in [-0.2, 0) is 0 Å². The van der Waals surface area contributed by atoms with Crippen LogP contribution < -0.4 is 10.5 Å². The number of aromatic nitrogens is 2. The van der Waals surface area contributed by atoms with Crippen LogP contribution in [-0.4, -0.2) is 22.0 Å². The second-order valence-corrected chi connectivity index (χ2v) is 4.71. The molecule has 2 rings (SSSR count). The van der Waals surface area contributed by atoms with E-state index in [1.54, 1.807) is 30.1 Å². The first-order valence-electron chi connectivity index (χ1n) is 6.19. The Balaban J connectivity index is 2.48. The molecule has 5 heteroatoms. The third-order valence-corrected chi connectivity index (χ3v) is 2.99. The van der Waals surface area contributed by atoms with Crippen LogP contribution >= 0.6 is 0 Å². The largest absolute Gasteiger partial charge is 0.493 e. The smallest absolute Gasteiger partial charge is 0.163 e. The SMILES string of the molecule is COc1cnn(C(C)C)c1C(O)c1cccc(N)c1. The van der Waals surface area contributed by atoms with Crippen molar-refractivity contribution in [3.8, 4) is 5.75 Å². The zero-order valence-corrected chi connectivity index (χ0v) is 11.4. The van der Waals surface area contributed by atoms with Gasteiger partial charge >= 0.3 is 0 Å². The van der Waals surface area contributed by atoms with Crippen LogP contribution in [0.1, 0.15) is 37.3 Å². The molecule has 19 heavy (non-hydrogen) atoms. The molecule has 5 nitrogen and oxygen atoms in total. The summed E-state index contributed by atoms with van der Waals surface area (Å²) in [5, 5.41) is 14.8. The van der Waals surface area contributed by atoms with Gasteiger partial charge in [0.2, 0.25) is 0 Å². The molecule has 0 fully saturated rings. The summed E-state index contributed by atoms with van der Waals surface area (Å²) in [4.78, 5) is 0. The van der Waals surface area contributed by atoms with Gasteiger partial charge in [0.05, 0.1) is 13.3 Å². The van der Waals surface area contributed by atoms with Crippen molar-refractivity contribution in [1.29, 1.82) is 0 Å². The standard InChI is InChI=1S/C14H19N3O2/c1-9(2)17-13(12(19-3)8-16-17)14(18)10-5-4-6-11(15)7-10/h4-9,14,18H,15H2,1-3H3. The van der Waals surface area contributed by atoms with Gasteiger partial charge in [0.15, 0.2) is 5.75 Å².